The van der Waals surface area contributed by atoms with Crippen molar-refractivity contribution in [1.29, 1.82) is 0 Å². The second-order valence-electron chi connectivity index (χ2n) is 6.08. The minimum Gasteiger partial charge on any atom is -0.354 e. The van der Waals surface area contributed by atoms with Gasteiger partial charge in [-0.05, 0) is 30.4 Å². The summed E-state index contributed by atoms with van der Waals surface area (Å²) in [6.07, 6.45) is 1.08. The molecule has 0 aromatic heterocycles. The Kier molecular flexibility index (Phi) is 5.66. The van der Waals surface area contributed by atoms with Gasteiger partial charge in [0.1, 0.15) is 12.4 Å². The predicted molar refractivity (Wildman–Crippen MR) is 100 cm³/mol. The average molecular weight is 365 g/mol. The summed E-state index contributed by atoms with van der Waals surface area (Å²) in [6.45, 7) is 3.19. The fraction of sp³-hybridized carbons (Fsp3) is 0.278. The third kappa shape index (κ3) is 4.66. The van der Waals surface area contributed by atoms with Gasteiger partial charge in [0, 0.05) is 17.7 Å². The summed E-state index contributed by atoms with van der Waals surface area (Å²) >= 11 is 11.1. The lowest BCUT2D eigenvalue weighted by molar-refractivity contribution is -0.901. The van der Waals surface area contributed by atoms with Crippen molar-refractivity contribution in [3.8, 4) is 0 Å². The van der Waals surface area contributed by atoms with Crippen LogP contribution in [0.4, 0.5) is 10.1 Å². The number of quaternary nitrogens is 1. The molecule has 1 aliphatic heterocycles. The van der Waals surface area contributed by atoms with E-state index in [4.69, 9.17) is 23.8 Å². The van der Waals surface area contributed by atoms with Crippen LogP contribution in [0.2, 0.25) is 5.02 Å². The summed E-state index contributed by atoms with van der Waals surface area (Å²) in [5.74, 6) is -0.433. The van der Waals surface area contributed by atoms with Crippen LogP contribution < -0.4 is 15.5 Å². The van der Waals surface area contributed by atoms with Crippen LogP contribution in [-0.2, 0) is 6.54 Å². The predicted octanol–water partition coefficient (Wildman–Crippen LogP) is 2.62. The van der Waals surface area contributed by atoms with E-state index in [-0.39, 0.29) is 5.02 Å². The minimum absolute atomic E-state index is 0.0853. The van der Waals surface area contributed by atoms with E-state index in [2.05, 4.69) is 34.9 Å². The third-order valence-electron chi connectivity index (χ3n) is 4.19. The summed E-state index contributed by atoms with van der Waals surface area (Å²) in [5, 5.41) is 7.03. The van der Waals surface area contributed by atoms with Gasteiger partial charge in [0.15, 0.2) is 5.11 Å². The SMILES string of the molecule is Fc1ccc(NC(=S)N[C@H]2CC[NH+](Cc3ccccc3)C2)cc1Cl. The first kappa shape index (κ1) is 17.1. The van der Waals surface area contributed by atoms with Crippen molar-refractivity contribution < 1.29 is 9.29 Å². The number of halogens is 2. The van der Waals surface area contributed by atoms with Crippen molar-refractivity contribution in [2.24, 2.45) is 0 Å². The second kappa shape index (κ2) is 7.92. The summed E-state index contributed by atoms with van der Waals surface area (Å²) in [6, 6.07) is 15.4. The molecule has 0 amide bonds. The van der Waals surface area contributed by atoms with E-state index in [1.807, 2.05) is 6.07 Å². The number of thiocarbonyl (C=S) groups is 1. The van der Waals surface area contributed by atoms with Gasteiger partial charge in [-0.1, -0.05) is 41.9 Å². The Bertz CT molecular complexity index is 711. The minimum atomic E-state index is -0.433. The molecular formula is C18H20ClFN3S+. The lowest BCUT2D eigenvalue weighted by Gasteiger charge is -2.16. The standard InChI is InChI=1S/C18H19ClFN3S/c19-16-10-14(6-7-17(16)20)21-18(24)22-15-8-9-23(12-15)11-13-4-2-1-3-5-13/h1-7,10,15H,8-9,11-12H2,(H2,21,22,24)/p+1/t15-/m0/s1. The molecule has 0 radical (unpaired) electrons. The quantitative estimate of drug-likeness (QED) is 0.728. The zero-order valence-corrected chi connectivity index (χ0v) is 14.8. The highest BCUT2D eigenvalue weighted by molar-refractivity contribution is 7.80. The lowest BCUT2D eigenvalue weighted by atomic mass is 10.2. The maximum atomic E-state index is 13.2. The summed E-state index contributed by atoms with van der Waals surface area (Å²) < 4.78 is 13.2. The molecule has 1 unspecified atom stereocenters. The number of rotatable bonds is 4. The highest BCUT2D eigenvalue weighted by atomic mass is 35.5. The van der Waals surface area contributed by atoms with Crippen LogP contribution in [0.25, 0.3) is 0 Å². The Hall–Kier alpha value is -1.69. The number of hydrogen-bond acceptors (Lipinski definition) is 1. The van der Waals surface area contributed by atoms with Crippen LogP contribution in [0, 0.1) is 5.82 Å². The molecule has 1 fully saturated rings. The smallest absolute Gasteiger partial charge is 0.171 e. The maximum absolute atomic E-state index is 13.2. The molecule has 2 aromatic rings. The van der Waals surface area contributed by atoms with E-state index in [9.17, 15) is 4.39 Å². The molecule has 3 rings (SSSR count). The van der Waals surface area contributed by atoms with Crippen molar-refractivity contribution in [1.82, 2.24) is 5.32 Å². The molecule has 0 bridgehead atoms. The molecule has 1 heterocycles. The maximum Gasteiger partial charge on any atom is 0.171 e. The molecule has 0 aliphatic carbocycles. The molecule has 3 N–H and O–H groups in total. The van der Waals surface area contributed by atoms with Crippen molar-refractivity contribution in [3.63, 3.8) is 0 Å². The number of anilines is 1. The van der Waals surface area contributed by atoms with Gasteiger partial charge in [0.05, 0.1) is 24.2 Å². The zero-order valence-electron chi connectivity index (χ0n) is 13.2. The molecule has 24 heavy (non-hydrogen) atoms. The molecule has 1 aliphatic rings. The Morgan fingerprint density at radius 3 is 2.79 bits per heavy atom. The molecule has 2 aromatic carbocycles. The average Bonchev–Trinajstić information content (AvgIpc) is 2.99. The van der Waals surface area contributed by atoms with Crippen LogP contribution in [-0.4, -0.2) is 24.2 Å². The molecule has 0 spiro atoms. The van der Waals surface area contributed by atoms with Gasteiger partial charge in [-0.15, -0.1) is 0 Å². The fourth-order valence-corrected chi connectivity index (χ4v) is 3.49. The summed E-state index contributed by atoms with van der Waals surface area (Å²) in [5.41, 5.74) is 2.04. The number of benzene rings is 2. The zero-order chi connectivity index (χ0) is 16.9. The van der Waals surface area contributed by atoms with Gasteiger partial charge in [-0.25, -0.2) is 4.39 Å². The van der Waals surface area contributed by atoms with Crippen molar-refractivity contribution in [2.75, 3.05) is 18.4 Å². The van der Waals surface area contributed by atoms with E-state index in [0.29, 0.717) is 16.8 Å². The Balaban J connectivity index is 1.48. The number of nitrogens with one attached hydrogen (secondary N) is 3. The van der Waals surface area contributed by atoms with E-state index < -0.39 is 5.82 Å². The molecule has 3 nitrogen and oxygen atoms in total. The molecule has 0 saturated carbocycles. The summed E-state index contributed by atoms with van der Waals surface area (Å²) in [4.78, 5) is 1.55. The van der Waals surface area contributed by atoms with Gasteiger partial charge in [-0.2, -0.15) is 0 Å². The largest absolute Gasteiger partial charge is 0.354 e. The first-order valence-corrected chi connectivity index (χ1v) is 8.79. The monoisotopic (exact) mass is 364 g/mol. The Labute approximate surface area is 151 Å². The van der Waals surface area contributed by atoms with E-state index >= 15 is 0 Å². The van der Waals surface area contributed by atoms with Gasteiger partial charge >= 0.3 is 0 Å². The lowest BCUT2D eigenvalue weighted by Crippen LogP contribution is -3.09. The van der Waals surface area contributed by atoms with Gasteiger partial charge < -0.3 is 15.5 Å². The Morgan fingerprint density at radius 2 is 2.04 bits per heavy atom. The van der Waals surface area contributed by atoms with Gasteiger partial charge in [0.25, 0.3) is 0 Å². The fourth-order valence-electron chi connectivity index (χ4n) is 3.03. The first-order chi connectivity index (χ1) is 11.6. The van der Waals surface area contributed by atoms with Crippen LogP contribution in [0.5, 0.6) is 0 Å². The number of hydrogen-bond donors (Lipinski definition) is 3. The first-order valence-electron chi connectivity index (χ1n) is 8.00. The van der Waals surface area contributed by atoms with Gasteiger partial charge in [0.2, 0.25) is 0 Å². The van der Waals surface area contributed by atoms with Crippen LogP contribution in [0.3, 0.4) is 0 Å². The Morgan fingerprint density at radius 1 is 1.25 bits per heavy atom. The normalized spacial score (nSPS) is 19.9. The van der Waals surface area contributed by atoms with E-state index in [1.54, 1.807) is 11.0 Å². The number of likely N-dealkylation sites (tertiary alicyclic amines) is 1. The highest BCUT2D eigenvalue weighted by Crippen LogP contribution is 2.19. The van der Waals surface area contributed by atoms with E-state index in [1.165, 1.54) is 17.7 Å². The molecule has 2 atom stereocenters. The molecule has 6 heteroatoms. The van der Waals surface area contributed by atoms with Crippen molar-refractivity contribution >= 4 is 34.6 Å². The highest BCUT2D eigenvalue weighted by Gasteiger charge is 2.26. The van der Waals surface area contributed by atoms with E-state index in [0.717, 1.165) is 26.1 Å². The van der Waals surface area contributed by atoms with Crippen LogP contribution >= 0.6 is 23.8 Å². The third-order valence-corrected chi connectivity index (χ3v) is 4.70. The van der Waals surface area contributed by atoms with Crippen LogP contribution in [0.1, 0.15) is 12.0 Å². The van der Waals surface area contributed by atoms with Crippen molar-refractivity contribution in [3.05, 3.63) is 64.9 Å². The summed E-state index contributed by atoms with van der Waals surface area (Å²) in [7, 11) is 0. The van der Waals surface area contributed by atoms with Crippen molar-refractivity contribution in [2.45, 2.75) is 19.0 Å². The molecule has 126 valence electrons. The molecule has 1 saturated heterocycles. The van der Waals surface area contributed by atoms with Gasteiger partial charge in [-0.3, -0.25) is 0 Å². The molecular weight excluding hydrogens is 345 g/mol. The topological polar surface area (TPSA) is 28.5 Å². The van der Waals surface area contributed by atoms with Crippen LogP contribution in [0.15, 0.2) is 48.5 Å². The second-order valence-corrected chi connectivity index (χ2v) is 6.89.